The number of fused-ring (bicyclic) bond motifs is 1. The summed E-state index contributed by atoms with van der Waals surface area (Å²) in [5.74, 6) is 1.99. The van der Waals surface area contributed by atoms with Gasteiger partial charge in [0.1, 0.15) is 18.2 Å². The first-order valence-electron chi connectivity index (χ1n) is 10.2. The second-order valence-electron chi connectivity index (χ2n) is 7.64. The van der Waals surface area contributed by atoms with Gasteiger partial charge in [0.15, 0.2) is 0 Å². The molecule has 4 rings (SSSR count). The third-order valence-corrected chi connectivity index (χ3v) is 5.42. The van der Waals surface area contributed by atoms with Crippen LogP contribution in [0.3, 0.4) is 0 Å². The highest BCUT2D eigenvalue weighted by atomic mass is 16.6. The van der Waals surface area contributed by atoms with Gasteiger partial charge in [-0.1, -0.05) is 12.1 Å². The summed E-state index contributed by atoms with van der Waals surface area (Å²) in [7, 11) is 0. The van der Waals surface area contributed by atoms with Crippen LogP contribution in [0.2, 0.25) is 0 Å². The smallest absolute Gasteiger partial charge is 0.415 e. The van der Waals surface area contributed by atoms with E-state index in [4.69, 9.17) is 14.6 Å². The van der Waals surface area contributed by atoms with Crippen molar-refractivity contribution in [3.05, 3.63) is 41.6 Å². The number of aromatic nitrogens is 2. The Kier molecular flexibility index (Phi) is 5.79. The van der Waals surface area contributed by atoms with Gasteiger partial charge in [0.2, 0.25) is 5.95 Å². The zero-order chi connectivity index (χ0) is 22.0. The first-order valence-corrected chi connectivity index (χ1v) is 10.2. The predicted molar refractivity (Wildman–Crippen MR) is 112 cm³/mol. The minimum absolute atomic E-state index is 0.0616. The molecule has 0 aliphatic carbocycles. The maximum Gasteiger partial charge on any atom is 0.415 e. The molecule has 1 saturated heterocycles. The van der Waals surface area contributed by atoms with E-state index < -0.39 is 12.2 Å². The molecule has 10 heteroatoms. The number of nitrogens with one attached hydrogen (secondary N) is 1. The van der Waals surface area contributed by atoms with Crippen molar-refractivity contribution >= 4 is 24.0 Å². The minimum Gasteiger partial charge on any atom is -0.493 e. The van der Waals surface area contributed by atoms with Crippen LogP contribution in [0.5, 0.6) is 5.75 Å². The number of ether oxygens (including phenoxy) is 2. The lowest BCUT2D eigenvalue weighted by Gasteiger charge is -2.36. The van der Waals surface area contributed by atoms with E-state index in [9.17, 15) is 9.59 Å². The maximum absolute atomic E-state index is 11.9. The number of likely N-dealkylation sites (tertiary alicyclic amines) is 1. The normalized spacial score (nSPS) is 16.8. The molecular weight excluding hydrogens is 402 g/mol. The molecule has 0 radical (unpaired) electrons. The van der Waals surface area contributed by atoms with E-state index in [2.05, 4.69) is 15.3 Å². The lowest BCUT2D eigenvalue weighted by molar-refractivity contribution is 0.0585. The first kappa shape index (κ1) is 20.7. The van der Waals surface area contributed by atoms with Crippen LogP contribution in [-0.2, 0) is 11.3 Å². The second-order valence-corrected chi connectivity index (χ2v) is 7.64. The number of carbonyl (C=O) groups is 2. The molecule has 3 heterocycles. The Hall–Kier alpha value is -3.56. The lowest BCUT2D eigenvalue weighted by atomic mass is 10.0. The highest BCUT2D eigenvalue weighted by Crippen LogP contribution is 2.27. The van der Waals surface area contributed by atoms with Gasteiger partial charge in [-0.2, -0.15) is 4.98 Å². The molecule has 31 heavy (non-hydrogen) atoms. The summed E-state index contributed by atoms with van der Waals surface area (Å²) in [6.45, 7) is 6.04. The average molecular weight is 427 g/mol. The Morgan fingerprint density at radius 1 is 1.35 bits per heavy atom. The second kappa shape index (κ2) is 8.66. The Morgan fingerprint density at radius 2 is 2.10 bits per heavy atom. The number of cyclic esters (lactones) is 1. The van der Waals surface area contributed by atoms with Crippen molar-refractivity contribution in [3.8, 4) is 5.75 Å². The van der Waals surface area contributed by atoms with Crippen LogP contribution in [0, 0.1) is 5.92 Å². The standard InChI is InChI=1S/C21H25N5O5/c1-3-26-18-16(12-31-21(26)29)8-22-19(24-18)23-13(2)15-4-6-17(7-5-15)30-11-14-9-25(10-14)20(27)28/h4-8,13-14H,3,9-12H2,1-2H3,(H,27,28)(H,22,23,24). The van der Waals surface area contributed by atoms with Crippen LogP contribution in [0.4, 0.5) is 21.4 Å². The van der Waals surface area contributed by atoms with Crippen molar-refractivity contribution in [3.63, 3.8) is 0 Å². The van der Waals surface area contributed by atoms with Crippen LogP contribution < -0.4 is 15.0 Å². The van der Waals surface area contributed by atoms with Crippen LogP contribution in [-0.4, -0.2) is 58.4 Å². The zero-order valence-corrected chi connectivity index (χ0v) is 17.4. The first-order chi connectivity index (χ1) is 14.9. The highest BCUT2D eigenvalue weighted by Gasteiger charge is 2.31. The number of hydrogen-bond acceptors (Lipinski definition) is 7. The number of carbonyl (C=O) groups excluding carboxylic acids is 1. The van der Waals surface area contributed by atoms with Gasteiger partial charge in [-0.3, -0.25) is 4.90 Å². The van der Waals surface area contributed by atoms with Crippen molar-refractivity contribution < 1.29 is 24.2 Å². The number of hydrogen-bond donors (Lipinski definition) is 2. The van der Waals surface area contributed by atoms with E-state index in [-0.39, 0.29) is 18.6 Å². The minimum atomic E-state index is -0.882. The summed E-state index contributed by atoms with van der Waals surface area (Å²) in [5.41, 5.74) is 1.81. The number of nitrogens with zero attached hydrogens (tertiary/aromatic N) is 4. The van der Waals surface area contributed by atoms with Crippen LogP contribution >= 0.6 is 0 Å². The molecule has 2 amide bonds. The molecule has 2 aliphatic heterocycles. The van der Waals surface area contributed by atoms with Crippen LogP contribution in [0.25, 0.3) is 0 Å². The van der Waals surface area contributed by atoms with Gasteiger partial charge in [0.25, 0.3) is 0 Å². The Bertz CT molecular complexity index is 961. The maximum atomic E-state index is 11.9. The van der Waals surface area contributed by atoms with E-state index in [1.165, 1.54) is 9.80 Å². The summed E-state index contributed by atoms with van der Waals surface area (Å²) in [5, 5.41) is 12.1. The molecule has 1 fully saturated rings. The van der Waals surface area contributed by atoms with Crippen molar-refractivity contribution in [2.45, 2.75) is 26.5 Å². The number of anilines is 2. The Balaban J connectivity index is 1.34. The van der Waals surface area contributed by atoms with Gasteiger partial charge >= 0.3 is 12.2 Å². The molecule has 2 aromatic rings. The van der Waals surface area contributed by atoms with Crippen molar-refractivity contribution in [2.75, 3.05) is 36.5 Å². The number of rotatable bonds is 7. The Morgan fingerprint density at radius 3 is 2.77 bits per heavy atom. The Labute approximate surface area is 179 Å². The van der Waals surface area contributed by atoms with Gasteiger partial charge in [0, 0.05) is 31.7 Å². The molecule has 10 nitrogen and oxygen atoms in total. The molecule has 2 N–H and O–H groups in total. The van der Waals surface area contributed by atoms with Crippen molar-refractivity contribution in [1.29, 1.82) is 0 Å². The monoisotopic (exact) mass is 427 g/mol. The molecule has 1 aromatic carbocycles. The molecule has 2 aliphatic rings. The summed E-state index contributed by atoms with van der Waals surface area (Å²) in [6, 6.07) is 7.65. The number of benzene rings is 1. The van der Waals surface area contributed by atoms with Crippen LogP contribution in [0.15, 0.2) is 30.5 Å². The molecule has 0 bridgehead atoms. The third kappa shape index (κ3) is 4.47. The van der Waals surface area contributed by atoms with E-state index in [1.54, 1.807) is 6.20 Å². The van der Waals surface area contributed by atoms with Gasteiger partial charge in [-0.15, -0.1) is 0 Å². The van der Waals surface area contributed by atoms with Gasteiger partial charge in [-0.25, -0.2) is 14.6 Å². The third-order valence-electron chi connectivity index (χ3n) is 5.42. The zero-order valence-electron chi connectivity index (χ0n) is 17.4. The van der Waals surface area contributed by atoms with Crippen LogP contribution in [0.1, 0.15) is 31.0 Å². The molecule has 1 aromatic heterocycles. The van der Waals surface area contributed by atoms with E-state index in [1.807, 2.05) is 38.1 Å². The molecular formula is C21H25N5O5. The topological polar surface area (TPSA) is 117 Å². The molecule has 1 unspecified atom stereocenters. The van der Waals surface area contributed by atoms with Gasteiger partial charge in [0.05, 0.1) is 18.2 Å². The highest BCUT2D eigenvalue weighted by molar-refractivity contribution is 5.89. The summed E-state index contributed by atoms with van der Waals surface area (Å²) in [6.07, 6.45) is 0.392. The fourth-order valence-electron chi connectivity index (χ4n) is 3.56. The van der Waals surface area contributed by atoms with Crippen molar-refractivity contribution in [2.24, 2.45) is 5.92 Å². The largest absolute Gasteiger partial charge is 0.493 e. The van der Waals surface area contributed by atoms with Gasteiger partial charge < -0.3 is 24.8 Å². The van der Waals surface area contributed by atoms with E-state index >= 15 is 0 Å². The van der Waals surface area contributed by atoms with Gasteiger partial charge in [-0.05, 0) is 31.5 Å². The fourth-order valence-corrected chi connectivity index (χ4v) is 3.56. The quantitative estimate of drug-likeness (QED) is 0.692. The SMILES string of the molecule is CCN1C(=O)OCc2cnc(NC(C)c3ccc(OCC4CN(C(=O)O)C4)cc3)nc21. The number of carboxylic acid groups (broad SMARTS) is 1. The lowest BCUT2D eigenvalue weighted by Crippen LogP contribution is -2.51. The summed E-state index contributed by atoms with van der Waals surface area (Å²) < 4.78 is 10.9. The molecule has 1 atom stereocenters. The predicted octanol–water partition coefficient (Wildman–Crippen LogP) is 3.11. The fraction of sp³-hybridized carbons (Fsp3) is 0.429. The average Bonchev–Trinajstić information content (AvgIpc) is 2.72. The van der Waals surface area contributed by atoms with E-state index in [0.29, 0.717) is 38.0 Å². The summed E-state index contributed by atoms with van der Waals surface area (Å²) >= 11 is 0. The van der Waals surface area contributed by atoms with Crippen molar-refractivity contribution in [1.82, 2.24) is 14.9 Å². The van der Waals surface area contributed by atoms with E-state index in [0.717, 1.165) is 16.9 Å². The molecule has 0 spiro atoms. The molecule has 0 saturated carbocycles. The number of amides is 2. The molecule has 164 valence electrons. The summed E-state index contributed by atoms with van der Waals surface area (Å²) in [4.78, 5) is 34.4.